The number of hydrogen-bond acceptors (Lipinski definition) is 4. The highest BCUT2D eigenvalue weighted by atomic mass is 16.5. The highest BCUT2D eigenvalue weighted by Gasteiger charge is 2.16. The Hall–Kier alpha value is -2.12. The second-order valence-corrected chi connectivity index (χ2v) is 5.28. The van der Waals surface area contributed by atoms with Crippen LogP contribution in [0.1, 0.15) is 6.92 Å². The van der Waals surface area contributed by atoms with Gasteiger partial charge in [0.1, 0.15) is 18.8 Å². The third-order valence-corrected chi connectivity index (χ3v) is 3.59. The maximum Gasteiger partial charge on any atom is 0.313 e. The standard InChI is InChI=1S/C16H23N3O4/c1-2-23-14-5-3-13(4-6-14)18-16(21)15(20)17-7-8-19-9-11-22-12-10-19/h3-6H,2,7-12H2,1H3,(H,17,20)(H,18,21)/p+1. The fourth-order valence-electron chi connectivity index (χ4n) is 2.33. The van der Waals surface area contributed by atoms with Crippen molar-refractivity contribution in [2.24, 2.45) is 0 Å². The minimum absolute atomic E-state index is 0.477. The summed E-state index contributed by atoms with van der Waals surface area (Å²) in [5.74, 6) is -0.555. The molecule has 1 heterocycles. The van der Waals surface area contributed by atoms with Crippen molar-refractivity contribution in [3.05, 3.63) is 24.3 Å². The lowest BCUT2D eigenvalue weighted by Crippen LogP contribution is -3.14. The van der Waals surface area contributed by atoms with E-state index in [1.807, 2.05) is 6.92 Å². The van der Waals surface area contributed by atoms with E-state index in [4.69, 9.17) is 9.47 Å². The van der Waals surface area contributed by atoms with Crippen LogP contribution in [0.25, 0.3) is 0 Å². The van der Waals surface area contributed by atoms with Crippen molar-refractivity contribution < 1.29 is 24.0 Å². The van der Waals surface area contributed by atoms with E-state index in [1.165, 1.54) is 4.90 Å². The van der Waals surface area contributed by atoms with Crippen LogP contribution in [0, 0.1) is 0 Å². The van der Waals surface area contributed by atoms with Crippen LogP contribution in [-0.2, 0) is 14.3 Å². The van der Waals surface area contributed by atoms with Crippen molar-refractivity contribution in [3.8, 4) is 5.75 Å². The third kappa shape index (κ3) is 5.88. The Balaban J connectivity index is 1.70. The van der Waals surface area contributed by atoms with Crippen molar-refractivity contribution in [2.45, 2.75) is 6.92 Å². The lowest BCUT2D eigenvalue weighted by Gasteiger charge is -2.23. The van der Waals surface area contributed by atoms with Crippen LogP contribution >= 0.6 is 0 Å². The molecule has 2 rings (SSSR count). The maximum atomic E-state index is 11.8. The molecule has 1 saturated heterocycles. The first-order chi connectivity index (χ1) is 11.2. The Morgan fingerprint density at radius 3 is 2.52 bits per heavy atom. The summed E-state index contributed by atoms with van der Waals surface area (Å²) in [6, 6.07) is 6.90. The molecule has 126 valence electrons. The molecule has 0 atom stereocenters. The lowest BCUT2D eigenvalue weighted by atomic mass is 10.3. The molecule has 0 spiro atoms. The summed E-state index contributed by atoms with van der Waals surface area (Å²) in [5.41, 5.74) is 0.562. The molecule has 23 heavy (non-hydrogen) atoms. The van der Waals surface area contributed by atoms with Crippen LogP contribution in [0.5, 0.6) is 5.75 Å². The topological polar surface area (TPSA) is 81.1 Å². The van der Waals surface area contributed by atoms with Gasteiger partial charge < -0.3 is 25.0 Å². The van der Waals surface area contributed by atoms with E-state index in [0.717, 1.165) is 38.6 Å². The van der Waals surface area contributed by atoms with Crippen LogP contribution in [0.3, 0.4) is 0 Å². The van der Waals surface area contributed by atoms with E-state index < -0.39 is 11.8 Å². The summed E-state index contributed by atoms with van der Waals surface area (Å²) in [5, 5.41) is 5.21. The summed E-state index contributed by atoms with van der Waals surface area (Å²) in [7, 11) is 0. The Labute approximate surface area is 135 Å². The smallest absolute Gasteiger partial charge is 0.313 e. The monoisotopic (exact) mass is 322 g/mol. The van der Waals surface area contributed by atoms with Gasteiger partial charge in [0.05, 0.1) is 32.9 Å². The minimum atomic E-state index is -0.661. The first kappa shape index (κ1) is 17.2. The summed E-state index contributed by atoms with van der Waals surface area (Å²) in [4.78, 5) is 25.0. The van der Waals surface area contributed by atoms with Gasteiger partial charge in [0.15, 0.2) is 0 Å². The molecule has 7 heteroatoms. The van der Waals surface area contributed by atoms with E-state index in [0.29, 0.717) is 18.8 Å². The number of nitrogens with one attached hydrogen (secondary N) is 3. The number of anilines is 1. The van der Waals surface area contributed by atoms with Crippen LogP contribution in [0.15, 0.2) is 24.3 Å². The van der Waals surface area contributed by atoms with Crippen molar-refractivity contribution in [1.82, 2.24) is 5.32 Å². The van der Waals surface area contributed by atoms with Crippen LogP contribution in [-0.4, -0.2) is 57.8 Å². The van der Waals surface area contributed by atoms with E-state index in [-0.39, 0.29) is 0 Å². The molecule has 7 nitrogen and oxygen atoms in total. The summed E-state index contributed by atoms with van der Waals surface area (Å²) in [6.07, 6.45) is 0. The summed E-state index contributed by atoms with van der Waals surface area (Å²) in [6.45, 7) is 7.14. The van der Waals surface area contributed by atoms with Crippen LogP contribution in [0.2, 0.25) is 0 Å². The van der Waals surface area contributed by atoms with Crippen LogP contribution < -0.4 is 20.3 Å². The number of rotatable bonds is 6. The van der Waals surface area contributed by atoms with Crippen molar-refractivity contribution >= 4 is 17.5 Å². The number of carbonyl (C=O) groups excluding carboxylic acids is 2. The first-order valence-corrected chi connectivity index (χ1v) is 7.92. The van der Waals surface area contributed by atoms with E-state index in [1.54, 1.807) is 24.3 Å². The van der Waals surface area contributed by atoms with Gasteiger partial charge in [-0.3, -0.25) is 9.59 Å². The van der Waals surface area contributed by atoms with Gasteiger partial charge in [0.25, 0.3) is 0 Å². The zero-order valence-corrected chi connectivity index (χ0v) is 13.4. The lowest BCUT2D eigenvalue weighted by molar-refractivity contribution is -0.906. The van der Waals surface area contributed by atoms with E-state index in [9.17, 15) is 9.59 Å². The normalized spacial score (nSPS) is 15.0. The van der Waals surface area contributed by atoms with E-state index >= 15 is 0 Å². The molecule has 1 aromatic carbocycles. The SMILES string of the molecule is CCOc1ccc(NC(=O)C(=O)NCC[NH+]2CCOCC2)cc1. The zero-order chi connectivity index (χ0) is 16.5. The zero-order valence-electron chi connectivity index (χ0n) is 13.4. The van der Waals surface area contributed by atoms with Gasteiger partial charge in [-0.05, 0) is 31.2 Å². The summed E-state index contributed by atoms with van der Waals surface area (Å²) < 4.78 is 10.6. The maximum absolute atomic E-state index is 11.8. The molecule has 1 aliphatic heterocycles. The summed E-state index contributed by atoms with van der Waals surface area (Å²) >= 11 is 0. The molecular formula is C16H24N3O4+. The molecule has 1 aromatic rings. The molecule has 0 saturated carbocycles. The van der Waals surface area contributed by atoms with Gasteiger partial charge in [-0.25, -0.2) is 0 Å². The largest absolute Gasteiger partial charge is 0.494 e. The second-order valence-electron chi connectivity index (χ2n) is 5.28. The molecular weight excluding hydrogens is 298 g/mol. The Kier molecular flexibility index (Phi) is 6.83. The highest BCUT2D eigenvalue weighted by Crippen LogP contribution is 2.15. The van der Waals surface area contributed by atoms with Gasteiger partial charge in [-0.1, -0.05) is 0 Å². The predicted molar refractivity (Wildman–Crippen MR) is 85.6 cm³/mol. The third-order valence-electron chi connectivity index (χ3n) is 3.59. The number of ether oxygens (including phenoxy) is 2. The molecule has 0 aromatic heterocycles. The molecule has 3 N–H and O–H groups in total. The highest BCUT2D eigenvalue weighted by molar-refractivity contribution is 6.39. The number of benzene rings is 1. The van der Waals surface area contributed by atoms with E-state index in [2.05, 4.69) is 10.6 Å². The number of morpholine rings is 1. The first-order valence-electron chi connectivity index (χ1n) is 7.92. The molecule has 0 aliphatic carbocycles. The second kappa shape index (κ2) is 9.12. The Morgan fingerprint density at radius 1 is 1.17 bits per heavy atom. The quantitative estimate of drug-likeness (QED) is 0.590. The van der Waals surface area contributed by atoms with Crippen molar-refractivity contribution in [2.75, 3.05) is 51.3 Å². The Morgan fingerprint density at radius 2 is 1.87 bits per heavy atom. The minimum Gasteiger partial charge on any atom is -0.494 e. The molecule has 0 radical (unpaired) electrons. The molecule has 1 fully saturated rings. The number of amides is 2. The fraction of sp³-hybridized carbons (Fsp3) is 0.500. The molecule has 2 amide bonds. The van der Waals surface area contributed by atoms with Crippen molar-refractivity contribution in [1.29, 1.82) is 0 Å². The number of quaternary nitrogens is 1. The van der Waals surface area contributed by atoms with Gasteiger partial charge in [0.2, 0.25) is 0 Å². The average molecular weight is 322 g/mol. The predicted octanol–water partition coefficient (Wildman–Crippen LogP) is -0.945. The fourth-order valence-corrected chi connectivity index (χ4v) is 2.33. The molecule has 0 bridgehead atoms. The number of hydrogen-bond donors (Lipinski definition) is 3. The average Bonchev–Trinajstić information content (AvgIpc) is 2.57. The van der Waals surface area contributed by atoms with Crippen molar-refractivity contribution in [3.63, 3.8) is 0 Å². The van der Waals surface area contributed by atoms with Gasteiger partial charge in [0, 0.05) is 5.69 Å². The number of carbonyl (C=O) groups is 2. The molecule has 0 unspecified atom stereocenters. The van der Waals surface area contributed by atoms with Gasteiger partial charge in [-0.15, -0.1) is 0 Å². The van der Waals surface area contributed by atoms with Gasteiger partial charge in [-0.2, -0.15) is 0 Å². The molecule has 1 aliphatic rings. The van der Waals surface area contributed by atoms with Gasteiger partial charge >= 0.3 is 11.8 Å². The van der Waals surface area contributed by atoms with Crippen LogP contribution in [0.4, 0.5) is 5.69 Å². The Bertz CT molecular complexity index is 513.